The molecule has 82 valence electrons. The van der Waals surface area contributed by atoms with E-state index in [2.05, 4.69) is 4.98 Å². The van der Waals surface area contributed by atoms with Crippen molar-refractivity contribution in [3.8, 4) is 5.75 Å². The first kappa shape index (κ1) is 11.9. The van der Waals surface area contributed by atoms with Crippen molar-refractivity contribution in [3.05, 3.63) is 23.0 Å². The summed E-state index contributed by atoms with van der Waals surface area (Å²) in [4.78, 5) is 4.08. The lowest BCUT2D eigenvalue weighted by atomic mass is 10.3. The minimum Gasteiger partial charge on any atom is -0.497 e. The van der Waals surface area contributed by atoms with Crippen molar-refractivity contribution in [2.75, 3.05) is 7.11 Å². The summed E-state index contributed by atoms with van der Waals surface area (Å²) in [5.74, 6) is 0.215. The number of benzene rings is 1. The molecule has 0 saturated heterocycles. The third kappa shape index (κ3) is 2.45. The van der Waals surface area contributed by atoms with Crippen molar-refractivity contribution >= 4 is 21.6 Å². The summed E-state index contributed by atoms with van der Waals surface area (Å²) in [5, 5.41) is 0.863. The summed E-state index contributed by atoms with van der Waals surface area (Å²) < 4.78 is 19.1. The standard InChI is InChI=1S/C9H8FNOS.C2H6/c1-5-11-9-7(10)3-6(12-2)4-8(9)13-5;1-2/h3-4H,1-2H3;1-2H3. The van der Waals surface area contributed by atoms with Gasteiger partial charge in [0.1, 0.15) is 11.3 Å². The molecule has 0 amide bonds. The molecule has 0 aliphatic rings. The molecular formula is C11H14FNOS. The normalized spacial score (nSPS) is 9.67. The molecule has 1 aromatic heterocycles. The molecular weight excluding hydrogens is 213 g/mol. The number of aryl methyl sites for hydroxylation is 1. The zero-order chi connectivity index (χ0) is 11.4. The molecule has 0 N–H and O–H groups in total. The second kappa shape index (κ2) is 5.07. The number of fused-ring (bicyclic) bond motifs is 1. The maximum atomic E-state index is 13.3. The van der Waals surface area contributed by atoms with Gasteiger partial charge in [-0.3, -0.25) is 0 Å². The SMILES string of the molecule is CC.COc1cc(F)c2nc(C)sc2c1. The van der Waals surface area contributed by atoms with E-state index in [1.165, 1.54) is 24.5 Å². The lowest BCUT2D eigenvalue weighted by Gasteiger charge is -1.98. The van der Waals surface area contributed by atoms with Gasteiger partial charge in [0, 0.05) is 6.07 Å². The van der Waals surface area contributed by atoms with Gasteiger partial charge in [-0.1, -0.05) is 13.8 Å². The van der Waals surface area contributed by atoms with Gasteiger partial charge in [0.2, 0.25) is 0 Å². The predicted molar refractivity (Wildman–Crippen MR) is 62.2 cm³/mol. The molecule has 0 bridgehead atoms. The minimum absolute atomic E-state index is 0.321. The van der Waals surface area contributed by atoms with E-state index >= 15 is 0 Å². The number of thiazole rings is 1. The molecule has 2 nitrogen and oxygen atoms in total. The number of rotatable bonds is 1. The van der Waals surface area contributed by atoms with E-state index in [1.807, 2.05) is 20.8 Å². The molecule has 15 heavy (non-hydrogen) atoms. The molecule has 0 aliphatic heterocycles. The molecule has 0 spiro atoms. The molecule has 0 atom stereocenters. The fourth-order valence-corrected chi connectivity index (χ4v) is 2.06. The largest absolute Gasteiger partial charge is 0.497 e. The average Bonchev–Trinajstić information content (AvgIpc) is 2.62. The number of hydrogen-bond acceptors (Lipinski definition) is 3. The summed E-state index contributed by atoms with van der Waals surface area (Å²) in [6, 6.07) is 3.14. The number of halogens is 1. The van der Waals surface area contributed by atoms with E-state index in [4.69, 9.17) is 4.74 Å². The highest BCUT2D eigenvalue weighted by molar-refractivity contribution is 7.18. The molecule has 0 fully saturated rings. The molecule has 1 aromatic carbocycles. The van der Waals surface area contributed by atoms with Gasteiger partial charge in [0.15, 0.2) is 5.82 Å². The van der Waals surface area contributed by atoms with Gasteiger partial charge < -0.3 is 4.74 Å². The Morgan fingerprint density at radius 2 is 2.00 bits per heavy atom. The molecule has 2 rings (SSSR count). The van der Waals surface area contributed by atoms with E-state index in [9.17, 15) is 4.39 Å². The van der Waals surface area contributed by atoms with Crippen LogP contribution in [0.3, 0.4) is 0 Å². The Hall–Kier alpha value is -1.16. The third-order valence-corrected chi connectivity index (χ3v) is 2.68. The Balaban J connectivity index is 0.000000531. The minimum atomic E-state index is -0.321. The van der Waals surface area contributed by atoms with E-state index < -0.39 is 0 Å². The van der Waals surface area contributed by atoms with Crippen molar-refractivity contribution in [3.63, 3.8) is 0 Å². The van der Waals surface area contributed by atoms with E-state index in [-0.39, 0.29) is 5.82 Å². The average molecular weight is 227 g/mol. The van der Waals surface area contributed by atoms with Crippen molar-refractivity contribution < 1.29 is 9.13 Å². The second-order valence-electron chi connectivity index (χ2n) is 2.69. The van der Waals surface area contributed by atoms with E-state index in [0.29, 0.717) is 11.3 Å². The van der Waals surface area contributed by atoms with Crippen LogP contribution < -0.4 is 4.74 Å². The summed E-state index contributed by atoms with van der Waals surface area (Å²) in [6.07, 6.45) is 0. The van der Waals surface area contributed by atoms with Crippen LogP contribution in [-0.4, -0.2) is 12.1 Å². The van der Waals surface area contributed by atoms with Gasteiger partial charge in [-0.2, -0.15) is 0 Å². The highest BCUT2D eigenvalue weighted by Crippen LogP contribution is 2.28. The van der Waals surface area contributed by atoms with Crippen LogP contribution in [0, 0.1) is 12.7 Å². The zero-order valence-corrected chi connectivity index (χ0v) is 10.1. The molecule has 4 heteroatoms. The first-order valence-electron chi connectivity index (χ1n) is 4.81. The Morgan fingerprint density at radius 1 is 1.33 bits per heavy atom. The molecule has 2 aromatic rings. The smallest absolute Gasteiger partial charge is 0.153 e. The molecule has 0 aliphatic carbocycles. The highest BCUT2D eigenvalue weighted by Gasteiger charge is 2.08. The quantitative estimate of drug-likeness (QED) is 0.739. The zero-order valence-electron chi connectivity index (χ0n) is 9.30. The van der Waals surface area contributed by atoms with Crippen molar-refractivity contribution in [2.45, 2.75) is 20.8 Å². The molecule has 0 unspecified atom stereocenters. The summed E-state index contributed by atoms with van der Waals surface area (Å²) in [5.41, 5.74) is 0.434. The Kier molecular flexibility index (Phi) is 4.03. The van der Waals surface area contributed by atoms with Crippen molar-refractivity contribution in [1.29, 1.82) is 0 Å². The van der Waals surface area contributed by atoms with Crippen LogP contribution in [0.4, 0.5) is 4.39 Å². The number of hydrogen-bond donors (Lipinski definition) is 0. The number of ether oxygens (including phenoxy) is 1. The van der Waals surface area contributed by atoms with Crippen LogP contribution in [0.15, 0.2) is 12.1 Å². The topological polar surface area (TPSA) is 22.1 Å². The molecule has 0 saturated carbocycles. The van der Waals surface area contributed by atoms with Crippen LogP contribution in [-0.2, 0) is 0 Å². The van der Waals surface area contributed by atoms with E-state index in [1.54, 1.807) is 6.07 Å². The lowest BCUT2D eigenvalue weighted by Crippen LogP contribution is -1.84. The van der Waals surface area contributed by atoms with E-state index in [0.717, 1.165) is 9.71 Å². The van der Waals surface area contributed by atoms with Gasteiger partial charge in [-0.05, 0) is 13.0 Å². The van der Waals surface area contributed by atoms with Crippen LogP contribution in [0.2, 0.25) is 0 Å². The van der Waals surface area contributed by atoms with Gasteiger partial charge in [0.05, 0.1) is 16.8 Å². The van der Waals surface area contributed by atoms with Gasteiger partial charge in [0.25, 0.3) is 0 Å². The van der Waals surface area contributed by atoms with Crippen LogP contribution in [0.1, 0.15) is 18.9 Å². The molecule has 0 radical (unpaired) electrons. The van der Waals surface area contributed by atoms with Crippen LogP contribution >= 0.6 is 11.3 Å². The van der Waals surface area contributed by atoms with Gasteiger partial charge in [-0.15, -0.1) is 11.3 Å². The number of aromatic nitrogens is 1. The summed E-state index contributed by atoms with van der Waals surface area (Å²) in [6.45, 7) is 5.86. The fraction of sp³-hybridized carbons (Fsp3) is 0.364. The van der Waals surface area contributed by atoms with Gasteiger partial charge >= 0.3 is 0 Å². The second-order valence-corrected chi connectivity index (χ2v) is 3.92. The maximum absolute atomic E-state index is 13.3. The summed E-state index contributed by atoms with van der Waals surface area (Å²) in [7, 11) is 1.52. The number of nitrogens with zero attached hydrogens (tertiary/aromatic N) is 1. The predicted octanol–water partition coefficient (Wildman–Crippen LogP) is 3.78. The summed E-state index contributed by atoms with van der Waals surface area (Å²) >= 11 is 1.46. The Morgan fingerprint density at radius 3 is 2.60 bits per heavy atom. The fourth-order valence-electron chi connectivity index (χ4n) is 1.19. The van der Waals surface area contributed by atoms with Gasteiger partial charge in [-0.25, -0.2) is 9.37 Å². The highest BCUT2D eigenvalue weighted by atomic mass is 32.1. The Bertz CT molecular complexity index is 453. The maximum Gasteiger partial charge on any atom is 0.153 e. The van der Waals surface area contributed by atoms with Crippen LogP contribution in [0.25, 0.3) is 10.2 Å². The lowest BCUT2D eigenvalue weighted by molar-refractivity contribution is 0.412. The monoisotopic (exact) mass is 227 g/mol. The number of methoxy groups -OCH3 is 1. The van der Waals surface area contributed by atoms with Crippen molar-refractivity contribution in [1.82, 2.24) is 4.98 Å². The molecule has 1 heterocycles. The Labute approximate surface area is 92.7 Å². The third-order valence-electron chi connectivity index (χ3n) is 1.76. The first-order chi connectivity index (χ1) is 7.20. The first-order valence-corrected chi connectivity index (χ1v) is 5.63. The van der Waals surface area contributed by atoms with Crippen LogP contribution in [0.5, 0.6) is 5.75 Å². The van der Waals surface area contributed by atoms with Crippen molar-refractivity contribution in [2.24, 2.45) is 0 Å².